The zero-order chi connectivity index (χ0) is 18.5. The molecule has 1 amide bonds. The van der Waals surface area contributed by atoms with Crippen LogP contribution >= 0.6 is 38.6 Å². The predicted molar refractivity (Wildman–Crippen MR) is 108 cm³/mol. The second-order valence-corrected chi connectivity index (χ2v) is 9.94. The summed E-state index contributed by atoms with van der Waals surface area (Å²) in [6.45, 7) is 0. The average Bonchev–Trinajstić information content (AvgIpc) is 3.24. The standard InChI is InChI=1S/C18H21BrN2O3S2/c19-15-7-6-14(26-15)17-20-12(10-25-17)9-16(22)21-13(18(23)24)8-11-4-2-1-3-5-11/h6-7,10-11,13H,1-5,8-9H2,(H,21,22)(H,23,24). The maximum atomic E-state index is 12.3. The van der Waals surface area contributed by atoms with Crippen molar-refractivity contribution in [1.82, 2.24) is 10.3 Å². The normalized spacial score (nSPS) is 16.3. The highest BCUT2D eigenvalue weighted by Crippen LogP contribution is 2.33. The Morgan fingerprint density at radius 2 is 2.08 bits per heavy atom. The number of aromatic nitrogens is 1. The molecule has 0 bridgehead atoms. The van der Waals surface area contributed by atoms with E-state index in [4.69, 9.17) is 0 Å². The molecule has 0 saturated heterocycles. The van der Waals surface area contributed by atoms with Crippen LogP contribution in [0.25, 0.3) is 9.88 Å². The lowest BCUT2D eigenvalue weighted by atomic mass is 9.85. The second-order valence-electron chi connectivity index (χ2n) is 6.62. The Morgan fingerprint density at radius 1 is 1.31 bits per heavy atom. The van der Waals surface area contributed by atoms with Gasteiger partial charge < -0.3 is 10.4 Å². The fourth-order valence-corrected chi connectivity index (χ4v) is 5.60. The van der Waals surface area contributed by atoms with Gasteiger partial charge in [-0.05, 0) is 40.4 Å². The molecule has 2 N–H and O–H groups in total. The van der Waals surface area contributed by atoms with Crippen molar-refractivity contribution >= 4 is 50.5 Å². The largest absolute Gasteiger partial charge is 0.480 e. The van der Waals surface area contributed by atoms with Crippen LogP contribution in [-0.2, 0) is 16.0 Å². The number of nitrogens with zero attached hydrogens (tertiary/aromatic N) is 1. The van der Waals surface area contributed by atoms with Gasteiger partial charge in [-0.15, -0.1) is 22.7 Å². The van der Waals surface area contributed by atoms with Crippen LogP contribution in [-0.4, -0.2) is 28.0 Å². The first kappa shape index (κ1) is 19.5. The second kappa shape index (κ2) is 9.10. The lowest BCUT2D eigenvalue weighted by Gasteiger charge is -2.25. The Morgan fingerprint density at radius 3 is 2.73 bits per heavy atom. The molecular formula is C18H21BrN2O3S2. The van der Waals surface area contributed by atoms with Crippen molar-refractivity contribution in [1.29, 1.82) is 0 Å². The van der Waals surface area contributed by atoms with E-state index >= 15 is 0 Å². The molecule has 1 atom stereocenters. The summed E-state index contributed by atoms with van der Waals surface area (Å²) in [5.74, 6) is -0.836. The SMILES string of the molecule is O=C(Cc1csc(-c2ccc(Br)s2)n1)NC(CC1CCCCC1)C(=O)O. The number of hydrogen-bond acceptors (Lipinski definition) is 5. The van der Waals surface area contributed by atoms with Gasteiger partial charge >= 0.3 is 5.97 Å². The lowest BCUT2D eigenvalue weighted by Crippen LogP contribution is -2.43. The van der Waals surface area contributed by atoms with E-state index in [1.165, 1.54) is 17.8 Å². The molecule has 0 aliphatic heterocycles. The Labute approximate surface area is 169 Å². The quantitative estimate of drug-likeness (QED) is 0.631. The van der Waals surface area contributed by atoms with E-state index in [2.05, 4.69) is 26.2 Å². The first-order chi connectivity index (χ1) is 12.5. The van der Waals surface area contributed by atoms with Crippen molar-refractivity contribution in [3.63, 3.8) is 0 Å². The number of hydrogen-bond donors (Lipinski definition) is 2. The molecule has 1 aliphatic rings. The number of aliphatic carboxylic acids is 1. The van der Waals surface area contributed by atoms with Crippen LogP contribution in [0.5, 0.6) is 0 Å². The third-order valence-electron chi connectivity index (χ3n) is 4.60. The Kier molecular flexibility index (Phi) is 6.83. The summed E-state index contributed by atoms with van der Waals surface area (Å²) >= 11 is 6.52. The first-order valence-corrected chi connectivity index (χ1v) is 11.2. The van der Waals surface area contributed by atoms with Crippen LogP contribution in [0.3, 0.4) is 0 Å². The Bertz CT molecular complexity index is 768. The number of nitrogens with one attached hydrogen (secondary N) is 1. The average molecular weight is 457 g/mol. The fourth-order valence-electron chi connectivity index (χ4n) is 3.32. The van der Waals surface area contributed by atoms with E-state index in [-0.39, 0.29) is 12.3 Å². The van der Waals surface area contributed by atoms with Gasteiger partial charge in [0.25, 0.3) is 0 Å². The van der Waals surface area contributed by atoms with Gasteiger partial charge in [0.05, 0.1) is 20.8 Å². The molecule has 2 aromatic rings. The van der Waals surface area contributed by atoms with Crippen LogP contribution in [0.2, 0.25) is 0 Å². The third-order valence-corrected chi connectivity index (χ3v) is 7.29. The highest BCUT2D eigenvalue weighted by atomic mass is 79.9. The Balaban J connectivity index is 1.56. The smallest absolute Gasteiger partial charge is 0.326 e. The number of carboxylic acids is 1. The number of carbonyl (C=O) groups excluding carboxylic acids is 1. The van der Waals surface area contributed by atoms with E-state index in [1.54, 1.807) is 11.3 Å². The molecule has 8 heteroatoms. The van der Waals surface area contributed by atoms with Gasteiger partial charge in [0.15, 0.2) is 0 Å². The molecule has 1 unspecified atom stereocenters. The molecule has 0 radical (unpaired) electrons. The minimum absolute atomic E-state index is 0.109. The van der Waals surface area contributed by atoms with Crippen LogP contribution in [0.4, 0.5) is 0 Å². The molecule has 1 fully saturated rings. The molecule has 2 aromatic heterocycles. The molecular weight excluding hydrogens is 436 g/mol. The van der Waals surface area contributed by atoms with Crippen LogP contribution in [0, 0.1) is 5.92 Å². The topological polar surface area (TPSA) is 79.3 Å². The number of amides is 1. The highest BCUT2D eigenvalue weighted by Gasteiger charge is 2.25. The van der Waals surface area contributed by atoms with Gasteiger partial charge in [0.1, 0.15) is 11.0 Å². The third kappa shape index (κ3) is 5.37. The molecule has 1 aliphatic carbocycles. The van der Waals surface area contributed by atoms with Gasteiger partial charge in [0, 0.05) is 5.38 Å². The zero-order valence-electron chi connectivity index (χ0n) is 14.2. The van der Waals surface area contributed by atoms with E-state index in [0.29, 0.717) is 18.0 Å². The summed E-state index contributed by atoms with van der Waals surface area (Å²) in [4.78, 5) is 29.4. The van der Waals surface area contributed by atoms with Gasteiger partial charge in [-0.3, -0.25) is 4.79 Å². The molecule has 26 heavy (non-hydrogen) atoms. The number of thiophene rings is 1. The summed E-state index contributed by atoms with van der Waals surface area (Å²) in [5.41, 5.74) is 0.675. The molecule has 0 spiro atoms. The van der Waals surface area contributed by atoms with Gasteiger partial charge in [0.2, 0.25) is 5.91 Å². The number of carboxylic acid groups (broad SMARTS) is 1. The van der Waals surface area contributed by atoms with Crippen molar-refractivity contribution in [2.24, 2.45) is 5.92 Å². The monoisotopic (exact) mass is 456 g/mol. The number of halogens is 1. The zero-order valence-corrected chi connectivity index (χ0v) is 17.5. The van der Waals surface area contributed by atoms with Crippen LogP contribution in [0.1, 0.15) is 44.2 Å². The van der Waals surface area contributed by atoms with E-state index in [9.17, 15) is 14.7 Å². The van der Waals surface area contributed by atoms with Crippen molar-refractivity contribution in [3.8, 4) is 9.88 Å². The predicted octanol–water partition coefficient (Wildman–Crippen LogP) is 4.72. The molecule has 0 aromatic carbocycles. The number of carbonyl (C=O) groups is 2. The summed E-state index contributed by atoms with van der Waals surface area (Å²) in [7, 11) is 0. The van der Waals surface area contributed by atoms with Crippen molar-refractivity contribution < 1.29 is 14.7 Å². The number of rotatable bonds is 7. The van der Waals surface area contributed by atoms with Gasteiger partial charge in [-0.2, -0.15) is 0 Å². The van der Waals surface area contributed by atoms with Gasteiger partial charge in [-0.1, -0.05) is 32.1 Å². The Hall–Kier alpha value is -1.25. The fraction of sp³-hybridized carbons (Fsp3) is 0.500. The minimum atomic E-state index is -0.952. The lowest BCUT2D eigenvalue weighted by molar-refractivity contribution is -0.142. The van der Waals surface area contributed by atoms with Crippen molar-refractivity contribution in [2.45, 2.75) is 51.0 Å². The highest BCUT2D eigenvalue weighted by molar-refractivity contribution is 9.11. The summed E-state index contributed by atoms with van der Waals surface area (Å²) in [6, 6.07) is 3.15. The van der Waals surface area contributed by atoms with E-state index in [0.717, 1.165) is 39.4 Å². The maximum absolute atomic E-state index is 12.3. The van der Waals surface area contributed by atoms with Crippen molar-refractivity contribution in [2.75, 3.05) is 0 Å². The molecule has 2 heterocycles. The molecule has 140 valence electrons. The number of thiazole rings is 1. The van der Waals surface area contributed by atoms with Crippen molar-refractivity contribution in [3.05, 3.63) is 27.0 Å². The minimum Gasteiger partial charge on any atom is -0.480 e. The molecule has 3 rings (SSSR count). The van der Waals surface area contributed by atoms with Crippen LogP contribution < -0.4 is 5.32 Å². The first-order valence-electron chi connectivity index (χ1n) is 8.73. The van der Waals surface area contributed by atoms with E-state index < -0.39 is 12.0 Å². The van der Waals surface area contributed by atoms with E-state index in [1.807, 2.05) is 17.5 Å². The summed E-state index contributed by atoms with van der Waals surface area (Å²) < 4.78 is 1.04. The molecule has 1 saturated carbocycles. The van der Waals surface area contributed by atoms with Crippen LogP contribution in [0.15, 0.2) is 21.3 Å². The summed E-state index contributed by atoms with van der Waals surface area (Å²) in [5, 5.41) is 14.9. The summed E-state index contributed by atoms with van der Waals surface area (Å²) in [6.07, 6.45) is 6.30. The van der Waals surface area contributed by atoms with Gasteiger partial charge in [-0.25, -0.2) is 9.78 Å². The molecule has 5 nitrogen and oxygen atoms in total. The maximum Gasteiger partial charge on any atom is 0.326 e.